The van der Waals surface area contributed by atoms with Crippen molar-refractivity contribution in [2.75, 3.05) is 0 Å². The van der Waals surface area contributed by atoms with Gasteiger partial charge in [0.25, 0.3) is 0 Å². The van der Waals surface area contributed by atoms with Crippen molar-refractivity contribution >= 4 is 34.6 Å². The lowest BCUT2D eigenvalue weighted by atomic mass is 9.89. The summed E-state index contributed by atoms with van der Waals surface area (Å²) in [7, 11) is 0. The van der Waals surface area contributed by atoms with Gasteiger partial charge in [-0.1, -0.05) is 67.8 Å². The van der Waals surface area contributed by atoms with Gasteiger partial charge in [-0.25, -0.2) is 4.98 Å². The smallest absolute Gasteiger partial charge is 0.175 e. The normalized spacial score (nSPS) is 19.2. The van der Waals surface area contributed by atoms with Crippen molar-refractivity contribution in [2.24, 2.45) is 0 Å². The number of benzene rings is 2. The Balaban J connectivity index is 1.63. The van der Waals surface area contributed by atoms with Crippen LogP contribution in [0.5, 0.6) is 0 Å². The molecule has 2 aliphatic rings. The second kappa shape index (κ2) is 6.82. The summed E-state index contributed by atoms with van der Waals surface area (Å²) in [5.74, 6) is 0. The maximum atomic E-state index is 5.00. The fourth-order valence-electron chi connectivity index (χ4n) is 4.27. The summed E-state index contributed by atoms with van der Waals surface area (Å²) in [4.78, 5) is 6.30. The number of nitrogens with zero attached hydrogens (tertiary/aromatic N) is 2. The number of thioether (sulfide) groups is 2. The summed E-state index contributed by atoms with van der Waals surface area (Å²) in [5.41, 5.74) is 2.50. The monoisotopic (exact) mass is 378 g/mol. The Labute approximate surface area is 163 Å². The van der Waals surface area contributed by atoms with Gasteiger partial charge < -0.3 is 4.57 Å². The van der Waals surface area contributed by atoms with E-state index >= 15 is 0 Å². The highest BCUT2D eigenvalue weighted by Gasteiger charge is 2.38. The molecular weight excluding hydrogens is 356 g/mol. The zero-order valence-electron chi connectivity index (χ0n) is 14.7. The summed E-state index contributed by atoms with van der Waals surface area (Å²) in [6.45, 7) is 0. The standard InChI is InChI=1S/C22H22N2S2/c1-2-9-15-22(14-8-1)16-20(25-17-10-4-3-5-11-17)26-21-23-18-12-6-7-13-19(18)24(21)22/h3-7,10-13,16H,1-2,8-9,14-15H2. The molecule has 1 aromatic heterocycles. The molecule has 1 spiro atoms. The van der Waals surface area contributed by atoms with Crippen LogP contribution in [0.25, 0.3) is 11.0 Å². The molecule has 0 unspecified atom stereocenters. The highest BCUT2D eigenvalue weighted by molar-refractivity contribution is 8.22. The van der Waals surface area contributed by atoms with Crippen LogP contribution >= 0.6 is 23.5 Å². The number of para-hydroxylation sites is 2. The first-order valence-electron chi connectivity index (χ1n) is 9.46. The summed E-state index contributed by atoms with van der Waals surface area (Å²) in [6.07, 6.45) is 10.3. The first-order chi connectivity index (χ1) is 12.8. The van der Waals surface area contributed by atoms with Gasteiger partial charge in [-0.2, -0.15) is 0 Å². The minimum absolute atomic E-state index is 0.0876. The minimum Gasteiger partial charge on any atom is -0.309 e. The lowest BCUT2D eigenvalue weighted by Gasteiger charge is -2.37. The molecule has 26 heavy (non-hydrogen) atoms. The molecule has 2 heterocycles. The van der Waals surface area contributed by atoms with Crippen molar-refractivity contribution < 1.29 is 0 Å². The number of fused-ring (bicyclic) bond motifs is 4. The van der Waals surface area contributed by atoms with Gasteiger partial charge in [0.2, 0.25) is 0 Å². The molecule has 2 nitrogen and oxygen atoms in total. The topological polar surface area (TPSA) is 17.8 Å². The molecule has 3 aromatic rings. The summed E-state index contributed by atoms with van der Waals surface area (Å²) >= 11 is 3.71. The highest BCUT2D eigenvalue weighted by atomic mass is 32.2. The number of rotatable bonds is 2. The lowest BCUT2D eigenvalue weighted by Crippen LogP contribution is -2.33. The third-order valence-corrected chi connectivity index (χ3v) is 7.59. The van der Waals surface area contributed by atoms with Crippen molar-refractivity contribution in [1.82, 2.24) is 9.55 Å². The highest BCUT2D eigenvalue weighted by Crippen LogP contribution is 2.51. The van der Waals surface area contributed by atoms with E-state index < -0.39 is 0 Å². The molecule has 1 aliphatic carbocycles. The Morgan fingerprint density at radius 3 is 2.42 bits per heavy atom. The van der Waals surface area contributed by atoms with Crippen LogP contribution in [0, 0.1) is 0 Å². The van der Waals surface area contributed by atoms with E-state index in [2.05, 4.69) is 65.2 Å². The zero-order chi connectivity index (χ0) is 17.4. The molecule has 0 N–H and O–H groups in total. The van der Waals surface area contributed by atoms with Crippen molar-refractivity contribution in [2.45, 2.75) is 54.1 Å². The van der Waals surface area contributed by atoms with E-state index in [-0.39, 0.29) is 5.54 Å². The largest absolute Gasteiger partial charge is 0.309 e. The van der Waals surface area contributed by atoms with Crippen LogP contribution in [0.4, 0.5) is 0 Å². The molecule has 0 amide bonds. The number of imidazole rings is 1. The van der Waals surface area contributed by atoms with Crippen LogP contribution in [0.1, 0.15) is 38.5 Å². The Morgan fingerprint density at radius 2 is 1.62 bits per heavy atom. The molecular formula is C22H22N2S2. The van der Waals surface area contributed by atoms with E-state index in [4.69, 9.17) is 4.98 Å². The van der Waals surface area contributed by atoms with Crippen molar-refractivity contribution in [3.05, 3.63) is 64.9 Å². The Hall–Kier alpha value is -1.65. The first-order valence-corrected chi connectivity index (χ1v) is 11.1. The van der Waals surface area contributed by atoms with Crippen LogP contribution in [0.15, 0.2) is 75.0 Å². The van der Waals surface area contributed by atoms with Gasteiger partial charge in [0.05, 0.1) is 20.8 Å². The predicted molar refractivity (Wildman–Crippen MR) is 112 cm³/mol. The van der Waals surface area contributed by atoms with E-state index in [1.54, 1.807) is 0 Å². The Kier molecular flexibility index (Phi) is 4.33. The molecule has 1 fully saturated rings. The van der Waals surface area contributed by atoms with Gasteiger partial charge in [0.1, 0.15) is 0 Å². The molecule has 0 radical (unpaired) electrons. The summed E-state index contributed by atoms with van der Waals surface area (Å²) in [5, 5.41) is 1.16. The molecule has 132 valence electrons. The average Bonchev–Trinajstić information content (AvgIpc) is 2.89. The Bertz CT molecular complexity index is 951. The van der Waals surface area contributed by atoms with Gasteiger partial charge >= 0.3 is 0 Å². The van der Waals surface area contributed by atoms with Crippen LogP contribution < -0.4 is 0 Å². The molecule has 0 atom stereocenters. The van der Waals surface area contributed by atoms with Crippen molar-refractivity contribution in [3.8, 4) is 0 Å². The second-order valence-corrected chi connectivity index (χ2v) is 9.60. The number of allylic oxidation sites excluding steroid dienone is 1. The van der Waals surface area contributed by atoms with Crippen LogP contribution in [-0.4, -0.2) is 9.55 Å². The number of aromatic nitrogens is 2. The van der Waals surface area contributed by atoms with E-state index in [9.17, 15) is 0 Å². The SMILES string of the molecule is C1=C(Sc2ccccc2)Sc2nc3ccccc3n2C12CCCCCC2. The molecule has 2 aromatic carbocycles. The van der Waals surface area contributed by atoms with E-state index in [1.165, 1.54) is 53.2 Å². The first kappa shape index (κ1) is 16.5. The molecule has 5 rings (SSSR count). The molecule has 0 saturated heterocycles. The molecule has 4 heteroatoms. The van der Waals surface area contributed by atoms with Crippen molar-refractivity contribution in [1.29, 1.82) is 0 Å². The molecule has 0 bridgehead atoms. The minimum atomic E-state index is 0.0876. The Morgan fingerprint density at radius 1 is 0.885 bits per heavy atom. The maximum Gasteiger partial charge on any atom is 0.175 e. The summed E-state index contributed by atoms with van der Waals surface area (Å²) in [6, 6.07) is 19.3. The number of hydrogen-bond acceptors (Lipinski definition) is 3. The van der Waals surface area contributed by atoms with Crippen LogP contribution in [0.3, 0.4) is 0 Å². The quantitative estimate of drug-likeness (QED) is 0.487. The van der Waals surface area contributed by atoms with E-state index in [1.807, 2.05) is 23.5 Å². The van der Waals surface area contributed by atoms with Crippen LogP contribution in [-0.2, 0) is 5.54 Å². The molecule has 1 aliphatic heterocycles. The zero-order valence-corrected chi connectivity index (χ0v) is 16.4. The fraction of sp³-hybridized carbons (Fsp3) is 0.318. The van der Waals surface area contributed by atoms with Gasteiger partial charge in [-0.15, -0.1) is 0 Å². The van der Waals surface area contributed by atoms with Gasteiger partial charge in [-0.3, -0.25) is 0 Å². The third kappa shape index (κ3) is 2.89. The van der Waals surface area contributed by atoms with Crippen molar-refractivity contribution in [3.63, 3.8) is 0 Å². The predicted octanol–water partition coefficient (Wildman–Crippen LogP) is 6.83. The lowest BCUT2D eigenvalue weighted by molar-refractivity contribution is 0.307. The maximum absolute atomic E-state index is 5.00. The van der Waals surface area contributed by atoms with Gasteiger partial charge in [0.15, 0.2) is 5.16 Å². The third-order valence-electron chi connectivity index (χ3n) is 5.48. The van der Waals surface area contributed by atoms with Gasteiger partial charge in [0, 0.05) is 4.90 Å². The second-order valence-electron chi connectivity index (χ2n) is 7.22. The summed E-state index contributed by atoms with van der Waals surface area (Å²) < 4.78 is 3.92. The van der Waals surface area contributed by atoms with Crippen LogP contribution in [0.2, 0.25) is 0 Å². The van der Waals surface area contributed by atoms with E-state index in [0.29, 0.717) is 0 Å². The van der Waals surface area contributed by atoms with Gasteiger partial charge in [-0.05, 0) is 54.9 Å². The fourth-order valence-corrected chi connectivity index (χ4v) is 6.73. The van der Waals surface area contributed by atoms with E-state index in [0.717, 1.165) is 10.7 Å². The average molecular weight is 379 g/mol. The molecule has 1 saturated carbocycles. The number of hydrogen-bond donors (Lipinski definition) is 0.